The maximum absolute atomic E-state index is 11.9. The molecule has 0 aliphatic carbocycles. The summed E-state index contributed by atoms with van der Waals surface area (Å²) in [5.41, 5.74) is 8.01. The Morgan fingerprint density at radius 3 is 2.86 bits per heavy atom. The molecule has 110 valence electrons. The smallest absolute Gasteiger partial charge is 0.227 e. The predicted molar refractivity (Wildman–Crippen MR) is 85.8 cm³/mol. The van der Waals surface area contributed by atoms with Crippen LogP contribution in [-0.4, -0.2) is 12.5 Å². The number of halogens is 1. The van der Waals surface area contributed by atoms with Crippen LogP contribution in [0, 0.1) is 6.92 Å². The lowest BCUT2D eigenvalue weighted by atomic mass is 10.2. The van der Waals surface area contributed by atoms with E-state index in [4.69, 9.17) is 22.1 Å². The zero-order valence-corrected chi connectivity index (χ0v) is 12.5. The van der Waals surface area contributed by atoms with Gasteiger partial charge in [0, 0.05) is 16.4 Å². The number of carbonyl (C=O) groups is 1. The van der Waals surface area contributed by atoms with Crippen molar-refractivity contribution in [1.82, 2.24) is 0 Å². The van der Waals surface area contributed by atoms with Gasteiger partial charge in [0.15, 0.2) is 0 Å². The van der Waals surface area contributed by atoms with Crippen molar-refractivity contribution >= 4 is 28.9 Å². The van der Waals surface area contributed by atoms with E-state index in [2.05, 4.69) is 5.32 Å². The van der Waals surface area contributed by atoms with Gasteiger partial charge in [0.25, 0.3) is 0 Å². The molecule has 0 unspecified atom stereocenters. The highest BCUT2D eigenvalue weighted by molar-refractivity contribution is 6.30. The summed E-state index contributed by atoms with van der Waals surface area (Å²) in [4.78, 5) is 11.9. The van der Waals surface area contributed by atoms with Crippen molar-refractivity contribution in [1.29, 1.82) is 0 Å². The minimum atomic E-state index is -0.120. The Morgan fingerprint density at radius 1 is 1.29 bits per heavy atom. The largest absolute Gasteiger partial charge is 0.493 e. The molecule has 0 heterocycles. The van der Waals surface area contributed by atoms with Gasteiger partial charge in [-0.3, -0.25) is 4.79 Å². The zero-order chi connectivity index (χ0) is 15.2. The average Bonchev–Trinajstić information content (AvgIpc) is 2.43. The van der Waals surface area contributed by atoms with Gasteiger partial charge in [0.05, 0.1) is 13.0 Å². The lowest BCUT2D eigenvalue weighted by molar-refractivity contribution is -0.116. The van der Waals surface area contributed by atoms with Crippen molar-refractivity contribution in [2.75, 3.05) is 17.7 Å². The van der Waals surface area contributed by atoms with Gasteiger partial charge < -0.3 is 15.8 Å². The van der Waals surface area contributed by atoms with E-state index >= 15 is 0 Å². The van der Waals surface area contributed by atoms with Crippen LogP contribution >= 0.6 is 11.6 Å². The fourth-order valence-electron chi connectivity index (χ4n) is 1.81. The number of nitrogens with one attached hydrogen (secondary N) is 1. The molecule has 2 rings (SSSR count). The molecule has 4 nitrogen and oxygen atoms in total. The van der Waals surface area contributed by atoms with Crippen LogP contribution in [-0.2, 0) is 4.79 Å². The predicted octanol–water partition coefficient (Wildman–Crippen LogP) is 3.64. The van der Waals surface area contributed by atoms with Crippen LogP contribution in [0.1, 0.15) is 12.0 Å². The Balaban J connectivity index is 1.84. The summed E-state index contributed by atoms with van der Waals surface area (Å²) in [5.74, 6) is 0.529. The summed E-state index contributed by atoms with van der Waals surface area (Å²) < 4.78 is 5.48. The maximum atomic E-state index is 11.9. The highest BCUT2D eigenvalue weighted by Crippen LogP contribution is 2.19. The molecule has 5 heteroatoms. The van der Waals surface area contributed by atoms with Crippen molar-refractivity contribution in [2.24, 2.45) is 0 Å². The minimum Gasteiger partial charge on any atom is -0.493 e. The number of rotatable bonds is 5. The molecule has 3 N–H and O–H groups in total. The summed E-state index contributed by atoms with van der Waals surface area (Å²) in [6, 6.07) is 12.5. The quantitative estimate of drug-likeness (QED) is 0.829. The minimum absolute atomic E-state index is 0.120. The van der Waals surface area contributed by atoms with Gasteiger partial charge in [-0.15, -0.1) is 0 Å². The van der Waals surface area contributed by atoms with Gasteiger partial charge >= 0.3 is 0 Å². The molecule has 0 saturated carbocycles. The van der Waals surface area contributed by atoms with Gasteiger partial charge in [-0.1, -0.05) is 23.7 Å². The van der Waals surface area contributed by atoms with Gasteiger partial charge in [0.1, 0.15) is 5.75 Å². The van der Waals surface area contributed by atoms with Crippen LogP contribution in [0.15, 0.2) is 42.5 Å². The second kappa shape index (κ2) is 6.99. The Morgan fingerprint density at radius 2 is 2.10 bits per heavy atom. The monoisotopic (exact) mass is 304 g/mol. The van der Waals surface area contributed by atoms with E-state index < -0.39 is 0 Å². The summed E-state index contributed by atoms with van der Waals surface area (Å²) in [5, 5.41) is 3.43. The molecule has 0 saturated heterocycles. The Bertz CT molecular complexity index is 644. The van der Waals surface area contributed by atoms with Gasteiger partial charge in [0.2, 0.25) is 5.91 Å². The molecule has 1 amide bonds. The van der Waals surface area contributed by atoms with E-state index in [1.165, 1.54) is 0 Å². The number of hydrogen-bond donors (Lipinski definition) is 2. The first kappa shape index (κ1) is 15.2. The molecule has 0 fully saturated rings. The van der Waals surface area contributed by atoms with Crippen molar-refractivity contribution in [3.8, 4) is 5.75 Å². The molecule has 0 aliphatic rings. The van der Waals surface area contributed by atoms with Crippen LogP contribution in [0.25, 0.3) is 0 Å². The first-order valence-corrected chi connectivity index (χ1v) is 6.97. The van der Waals surface area contributed by atoms with Gasteiger partial charge in [-0.05, 0) is 42.8 Å². The number of nitrogen functional groups attached to an aromatic ring is 1. The van der Waals surface area contributed by atoms with E-state index in [9.17, 15) is 4.79 Å². The molecule has 0 radical (unpaired) electrons. The first-order chi connectivity index (χ1) is 10.0. The van der Waals surface area contributed by atoms with Crippen LogP contribution in [0.3, 0.4) is 0 Å². The zero-order valence-electron chi connectivity index (χ0n) is 11.7. The third kappa shape index (κ3) is 4.68. The number of benzene rings is 2. The standard InChI is InChI=1S/C16H17ClN2O2/c1-11-5-6-13(18)10-15(11)19-16(20)7-8-21-14-4-2-3-12(17)9-14/h2-6,9-10H,7-8,18H2,1H3,(H,19,20). The SMILES string of the molecule is Cc1ccc(N)cc1NC(=O)CCOc1cccc(Cl)c1. The van der Waals surface area contributed by atoms with Crippen molar-refractivity contribution in [3.63, 3.8) is 0 Å². The molecule has 0 atom stereocenters. The van der Waals surface area contributed by atoms with E-state index in [-0.39, 0.29) is 18.9 Å². The topological polar surface area (TPSA) is 64.3 Å². The second-order valence-corrected chi connectivity index (χ2v) is 5.11. The summed E-state index contributed by atoms with van der Waals surface area (Å²) in [6.45, 7) is 2.20. The van der Waals surface area contributed by atoms with Gasteiger partial charge in [-0.2, -0.15) is 0 Å². The van der Waals surface area contributed by atoms with Gasteiger partial charge in [-0.25, -0.2) is 0 Å². The summed E-state index contributed by atoms with van der Waals surface area (Å²) in [6.07, 6.45) is 0.251. The maximum Gasteiger partial charge on any atom is 0.227 e. The molecule has 0 bridgehead atoms. The average molecular weight is 305 g/mol. The molecule has 2 aromatic rings. The van der Waals surface area contributed by atoms with Crippen LogP contribution in [0.2, 0.25) is 5.02 Å². The van der Waals surface area contributed by atoms with Crippen molar-refractivity contribution in [3.05, 3.63) is 53.1 Å². The summed E-state index contributed by atoms with van der Waals surface area (Å²) in [7, 11) is 0. The van der Waals surface area contributed by atoms with Crippen molar-refractivity contribution in [2.45, 2.75) is 13.3 Å². The van der Waals surface area contributed by atoms with Crippen molar-refractivity contribution < 1.29 is 9.53 Å². The number of carbonyl (C=O) groups excluding carboxylic acids is 1. The number of amides is 1. The summed E-state index contributed by atoms with van der Waals surface area (Å²) >= 11 is 5.85. The highest BCUT2D eigenvalue weighted by Gasteiger charge is 2.06. The first-order valence-electron chi connectivity index (χ1n) is 6.59. The number of anilines is 2. The molecular formula is C16H17ClN2O2. The number of hydrogen-bond acceptors (Lipinski definition) is 3. The molecule has 2 aromatic carbocycles. The fourth-order valence-corrected chi connectivity index (χ4v) is 1.99. The number of ether oxygens (including phenoxy) is 1. The lowest BCUT2D eigenvalue weighted by Gasteiger charge is -2.10. The second-order valence-electron chi connectivity index (χ2n) is 4.68. The van der Waals surface area contributed by atoms with Crippen LogP contribution < -0.4 is 15.8 Å². The molecule has 0 aromatic heterocycles. The molecule has 0 aliphatic heterocycles. The fraction of sp³-hybridized carbons (Fsp3) is 0.188. The number of nitrogens with two attached hydrogens (primary N) is 1. The highest BCUT2D eigenvalue weighted by atomic mass is 35.5. The molecular weight excluding hydrogens is 288 g/mol. The van der Waals surface area contributed by atoms with E-state index in [0.717, 1.165) is 11.3 Å². The van der Waals surface area contributed by atoms with Crippen LogP contribution in [0.5, 0.6) is 5.75 Å². The third-order valence-corrected chi connectivity index (χ3v) is 3.16. The number of aryl methyl sites for hydroxylation is 1. The molecule has 21 heavy (non-hydrogen) atoms. The normalized spacial score (nSPS) is 10.2. The van der Waals surface area contributed by atoms with E-state index in [1.807, 2.05) is 13.0 Å². The van der Waals surface area contributed by atoms with E-state index in [0.29, 0.717) is 16.5 Å². The van der Waals surface area contributed by atoms with E-state index in [1.54, 1.807) is 36.4 Å². The Kier molecular flexibility index (Phi) is 5.06. The van der Waals surface area contributed by atoms with Crippen LogP contribution in [0.4, 0.5) is 11.4 Å². The Hall–Kier alpha value is -2.20. The third-order valence-electron chi connectivity index (χ3n) is 2.93. The Labute approximate surface area is 128 Å². The molecule has 0 spiro atoms. The lowest BCUT2D eigenvalue weighted by Crippen LogP contribution is -2.16.